The van der Waals surface area contributed by atoms with Gasteiger partial charge in [-0.05, 0) is 62.6 Å². The van der Waals surface area contributed by atoms with Crippen LogP contribution in [0.25, 0.3) is 6.08 Å². The molecule has 1 amide bonds. The molecule has 1 heterocycles. The average Bonchev–Trinajstić information content (AvgIpc) is 3.04. The number of ether oxygens (including phenoxy) is 1. The van der Waals surface area contributed by atoms with E-state index in [2.05, 4.69) is 16.8 Å². The summed E-state index contributed by atoms with van der Waals surface area (Å²) in [5.41, 5.74) is 3.38. The lowest BCUT2D eigenvalue weighted by Gasteiger charge is -2.14. The van der Waals surface area contributed by atoms with Crippen molar-refractivity contribution in [3.05, 3.63) is 52.4 Å². The van der Waals surface area contributed by atoms with Gasteiger partial charge >= 0.3 is 5.97 Å². The van der Waals surface area contributed by atoms with Crippen molar-refractivity contribution < 1.29 is 22.7 Å². The average molecular weight is 487 g/mol. The molecule has 34 heavy (non-hydrogen) atoms. The minimum atomic E-state index is -3.68. The van der Waals surface area contributed by atoms with Crippen molar-refractivity contribution in [2.45, 2.75) is 45.6 Å². The maximum atomic E-state index is 12.4. The van der Waals surface area contributed by atoms with Crippen molar-refractivity contribution in [1.29, 1.82) is 5.26 Å². The lowest BCUT2D eigenvalue weighted by molar-refractivity contribution is -0.142. The van der Waals surface area contributed by atoms with Crippen LogP contribution in [-0.4, -0.2) is 49.9 Å². The van der Waals surface area contributed by atoms with Gasteiger partial charge in [-0.2, -0.15) is 5.26 Å². The lowest BCUT2D eigenvalue weighted by atomic mass is 10.1. The summed E-state index contributed by atoms with van der Waals surface area (Å²) in [4.78, 5) is 24.8. The Morgan fingerprint density at radius 2 is 1.88 bits per heavy atom. The first kappa shape index (κ1) is 26.8. The van der Waals surface area contributed by atoms with Crippen molar-refractivity contribution in [2.24, 2.45) is 0 Å². The van der Waals surface area contributed by atoms with Crippen LogP contribution in [0.3, 0.4) is 0 Å². The number of nitrogens with zero attached hydrogens (tertiary/aromatic N) is 3. The van der Waals surface area contributed by atoms with Gasteiger partial charge in [-0.1, -0.05) is 13.0 Å². The molecule has 182 valence electrons. The largest absolute Gasteiger partial charge is 0.451 e. The second-order valence-corrected chi connectivity index (χ2v) is 10.2. The number of carbonyl (C=O) groups is 2. The van der Waals surface area contributed by atoms with E-state index in [1.807, 2.05) is 26.0 Å². The summed E-state index contributed by atoms with van der Waals surface area (Å²) in [6.45, 7) is 7.84. The first-order chi connectivity index (χ1) is 15.9. The number of rotatable bonds is 9. The number of benzene rings is 1. The zero-order valence-electron chi connectivity index (χ0n) is 20.3. The molecule has 9 nitrogen and oxygen atoms in total. The number of sulfonamides is 1. The zero-order chi connectivity index (χ0) is 25.6. The quantitative estimate of drug-likeness (QED) is 0.330. The van der Waals surface area contributed by atoms with Gasteiger partial charge < -0.3 is 14.6 Å². The smallest absolute Gasteiger partial charge is 0.349 e. The third kappa shape index (κ3) is 6.12. The summed E-state index contributed by atoms with van der Waals surface area (Å²) in [5, 5.41) is 12.0. The normalized spacial score (nSPS) is 11.9. The monoisotopic (exact) mass is 486 g/mol. The van der Waals surface area contributed by atoms with Crippen LogP contribution in [0.2, 0.25) is 0 Å². The Labute approximate surface area is 200 Å². The number of carbonyl (C=O) groups excluding carboxylic acids is 2. The van der Waals surface area contributed by atoms with Crippen molar-refractivity contribution >= 4 is 33.7 Å². The molecule has 0 aliphatic carbocycles. The molecule has 0 fully saturated rings. The van der Waals surface area contributed by atoms with Gasteiger partial charge in [0.25, 0.3) is 5.91 Å². The van der Waals surface area contributed by atoms with Crippen molar-refractivity contribution in [3.63, 3.8) is 0 Å². The minimum absolute atomic E-state index is 0.0192. The van der Waals surface area contributed by atoms with Crippen LogP contribution in [-0.2, 0) is 30.9 Å². The van der Waals surface area contributed by atoms with Crippen LogP contribution >= 0.6 is 0 Å². The predicted octanol–water partition coefficient (Wildman–Crippen LogP) is 3.16. The topological polar surface area (TPSA) is 121 Å². The number of nitriles is 1. The molecule has 0 radical (unpaired) electrons. The summed E-state index contributed by atoms with van der Waals surface area (Å²) >= 11 is 0. The maximum absolute atomic E-state index is 12.4. The Kier molecular flexibility index (Phi) is 8.79. The second-order valence-electron chi connectivity index (χ2n) is 8.04. The highest BCUT2D eigenvalue weighted by molar-refractivity contribution is 7.89. The maximum Gasteiger partial charge on any atom is 0.349 e. The molecule has 10 heteroatoms. The molecular formula is C24H30N4O5S. The van der Waals surface area contributed by atoms with Crippen molar-refractivity contribution in [1.82, 2.24) is 8.87 Å². The van der Waals surface area contributed by atoms with Gasteiger partial charge in [0.15, 0.2) is 6.61 Å². The number of amides is 1. The van der Waals surface area contributed by atoms with Gasteiger partial charge in [0.2, 0.25) is 10.0 Å². The minimum Gasteiger partial charge on any atom is -0.451 e. The van der Waals surface area contributed by atoms with E-state index in [1.165, 1.54) is 32.3 Å². The molecule has 0 saturated carbocycles. The number of hydrogen-bond acceptors (Lipinski definition) is 6. The van der Waals surface area contributed by atoms with E-state index in [0.717, 1.165) is 34.2 Å². The number of aryl methyl sites for hydroxylation is 2. The molecule has 0 atom stereocenters. The van der Waals surface area contributed by atoms with Gasteiger partial charge in [0.1, 0.15) is 11.6 Å². The Balaban J connectivity index is 2.12. The van der Waals surface area contributed by atoms with Crippen molar-refractivity contribution in [3.8, 4) is 6.07 Å². The SMILES string of the molecule is CCCn1c(C)cc(/C=C(/C#N)C(=O)OCC(=O)Nc2cc(S(=O)(=O)N(C)C)ccc2C)c1C. The number of nitrogens with one attached hydrogen (secondary N) is 1. The Hall–Kier alpha value is -3.42. The molecule has 0 aliphatic rings. The molecule has 2 rings (SSSR count). The third-order valence-corrected chi connectivity index (χ3v) is 7.11. The Bertz CT molecular complexity index is 1270. The fourth-order valence-corrected chi connectivity index (χ4v) is 4.26. The van der Waals surface area contributed by atoms with Crippen LogP contribution in [0.5, 0.6) is 0 Å². The molecule has 0 bridgehead atoms. The van der Waals surface area contributed by atoms with E-state index < -0.39 is 28.5 Å². The van der Waals surface area contributed by atoms with Crippen LogP contribution in [0.4, 0.5) is 5.69 Å². The van der Waals surface area contributed by atoms with Gasteiger partial charge in [-0.25, -0.2) is 17.5 Å². The molecule has 1 aromatic carbocycles. The molecule has 0 unspecified atom stereocenters. The Morgan fingerprint density at radius 1 is 1.21 bits per heavy atom. The van der Waals surface area contributed by atoms with Crippen molar-refractivity contribution in [2.75, 3.05) is 26.0 Å². The van der Waals surface area contributed by atoms with Gasteiger partial charge in [0.05, 0.1) is 4.90 Å². The fourth-order valence-electron chi connectivity index (χ4n) is 3.34. The summed E-state index contributed by atoms with van der Waals surface area (Å²) in [6, 6.07) is 8.08. The molecule has 2 aromatic rings. The molecule has 0 aliphatic heterocycles. The fraction of sp³-hybridized carbons (Fsp3) is 0.375. The third-order valence-electron chi connectivity index (χ3n) is 5.30. The summed E-state index contributed by atoms with van der Waals surface area (Å²) in [6.07, 6.45) is 2.40. The van der Waals surface area contributed by atoms with Crippen LogP contribution in [0.15, 0.2) is 34.7 Å². The number of esters is 1. The summed E-state index contributed by atoms with van der Waals surface area (Å²) < 4.78 is 32.9. The van der Waals surface area contributed by atoms with E-state index in [0.29, 0.717) is 5.56 Å². The summed E-state index contributed by atoms with van der Waals surface area (Å²) in [7, 11) is -0.856. The van der Waals surface area contributed by atoms with E-state index in [1.54, 1.807) is 13.0 Å². The molecular weight excluding hydrogens is 456 g/mol. The lowest BCUT2D eigenvalue weighted by Crippen LogP contribution is -2.24. The van der Waals surface area contributed by atoms with Gasteiger partial charge in [-0.15, -0.1) is 0 Å². The number of aromatic nitrogens is 1. The van der Waals surface area contributed by atoms with E-state index in [-0.39, 0.29) is 16.2 Å². The highest BCUT2D eigenvalue weighted by Gasteiger charge is 2.20. The van der Waals surface area contributed by atoms with Gasteiger partial charge in [-0.3, -0.25) is 4.79 Å². The highest BCUT2D eigenvalue weighted by atomic mass is 32.2. The van der Waals surface area contributed by atoms with Gasteiger partial charge in [0, 0.05) is 37.7 Å². The first-order valence-electron chi connectivity index (χ1n) is 10.7. The van der Waals surface area contributed by atoms with Crippen LogP contribution < -0.4 is 5.32 Å². The second kappa shape index (κ2) is 11.1. The number of anilines is 1. The van der Waals surface area contributed by atoms with E-state index >= 15 is 0 Å². The number of hydrogen-bond donors (Lipinski definition) is 1. The molecule has 1 aromatic heterocycles. The first-order valence-corrected chi connectivity index (χ1v) is 12.1. The van der Waals surface area contributed by atoms with E-state index in [9.17, 15) is 23.3 Å². The zero-order valence-corrected chi connectivity index (χ0v) is 21.1. The molecule has 1 N–H and O–H groups in total. The van der Waals surface area contributed by atoms with E-state index in [4.69, 9.17) is 4.74 Å². The summed E-state index contributed by atoms with van der Waals surface area (Å²) in [5.74, 6) is -1.58. The van der Waals surface area contributed by atoms with Crippen LogP contribution in [0, 0.1) is 32.1 Å². The predicted molar refractivity (Wildman–Crippen MR) is 129 cm³/mol. The highest BCUT2D eigenvalue weighted by Crippen LogP contribution is 2.22. The Morgan fingerprint density at radius 3 is 2.47 bits per heavy atom. The molecule has 0 saturated heterocycles. The van der Waals surface area contributed by atoms with Crippen LogP contribution in [0.1, 0.15) is 35.9 Å². The standard InChI is InChI=1S/C24H30N4O5S/c1-7-10-28-17(3)11-19(18(28)4)12-20(14-25)24(30)33-15-23(29)26-22-13-21(9-8-16(22)2)34(31,32)27(5)6/h8-9,11-13H,7,10,15H2,1-6H3,(H,26,29)/b20-12-. The molecule has 0 spiro atoms.